The first-order valence-corrected chi connectivity index (χ1v) is 13.9. The summed E-state index contributed by atoms with van der Waals surface area (Å²) in [6.07, 6.45) is 6.07. The highest BCUT2D eigenvalue weighted by molar-refractivity contribution is 7.89. The Balaban J connectivity index is 1.32. The van der Waals surface area contributed by atoms with E-state index in [1.807, 2.05) is 16.7 Å². The van der Waals surface area contributed by atoms with Crippen molar-refractivity contribution in [2.75, 3.05) is 31.1 Å². The Morgan fingerprint density at radius 1 is 0.909 bits per heavy atom. The van der Waals surface area contributed by atoms with Gasteiger partial charge in [0.15, 0.2) is 0 Å². The van der Waals surface area contributed by atoms with Crippen molar-refractivity contribution in [2.45, 2.75) is 69.7 Å². The van der Waals surface area contributed by atoms with Crippen LogP contribution < -0.4 is 4.90 Å². The Morgan fingerprint density at radius 3 is 2.33 bits per heavy atom. The van der Waals surface area contributed by atoms with Crippen LogP contribution in [0.3, 0.4) is 0 Å². The van der Waals surface area contributed by atoms with Crippen LogP contribution in [0.15, 0.2) is 23.1 Å². The molecule has 3 heterocycles. The third-order valence-corrected chi connectivity index (χ3v) is 9.76. The Bertz CT molecular complexity index is 1040. The van der Waals surface area contributed by atoms with Gasteiger partial charge in [0.05, 0.1) is 10.8 Å². The summed E-state index contributed by atoms with van der Waals surface area (Å²) in [6, 6.07) is 5.23. The number of carbonyl (C=O) groups excluding carboxylic acids is 2. The summed E-state index contributed by atoms with van der Waals surface area (Å²) in [6.45, 7) is 6.51. The molecule has 0 N–H and O–H groups in total. The molecule has 2 amide bonds. The van der Waals surface area contributed by atoms with E-state index in [2.05, 4.69) is 6.92 Å². The molecule has 0 aromatic heterocycles. The topological polar surface area (TPSA) is 78.0 Å². The molecule has 4 aliphatic rings. The maximum absolute atomic E-state index is 13.5. The van der Waals surface area contributed by atoms with Gasteiger partial charge in [-0.1, -0.05) is 6.92 Å². The van der Waals surface area contributed by atoms with Crippen LogP contribution in [-0.2, 0) is 26.0 Å². The summed E-state index contributed by atoms with van der Waals surface area (Å²) in [4.78, 5) is 29.9. The molecule has 0 unspecified atom stereocenters. The average Bonchev–Trinajstić information content (AvgIpc) is 3.60. The minimum absolute atomic E-state index is 0.0512. The normalized spacial score (nSPS) is 27.0. The lowest BCUT2D eigenvalue weighted by atomic mass is 9.94. The van der Waals surface area contributed by atoms with E-state index in [1.165, 1.54) is 4.31 Å². The second kappa shape index (κ2) is 8.69. The Morgan fingerprint density at radius 2 is 1.64 bits per heavy atom. The molecule has 7 nitrogen and oxygen atoms in total. The number of sulfonamides is 1. The standard InChI is InChI=1S/C25H35N3O4S/c1-17-9-12-26(13-10-17)24(29)20-4-3-11-27(16-20)33(31,32)22-7-8-23-21(15-22)14-18(2)28(23)25(30)19-5-6-19/h7-8,15,17-20H,3-6,9-14,16H2,1-2H3/t18-,20-/m1/s1. The second-order valence-electron chi connectivity index (χ2n) is 10.5. The zero-order valence-corrected chi connectivity index (χ0v) is 20.5. The molecule has 3 fully saturated rings. The zero-order chi connectivity index (χ0) is 23.3. The van der Waals surface area contributed by atoms with E-state index >= 15 is 0 Å². The molecule has 5 rings (SSSR count). The average molecular weight is 474 g/mol. The van der Waals surface area contributed by atoms with Crippen molar-refractivity contribution in [1.82, 2.24) is 9.21 Å². The van der Waals surface area contributed by atoms with Crippen molar-refractivity contribution in [1.29, 1.82) is 0 Å². The van der Waals surface area contributed by atoms with Crippen LogP contribution in [0.1, 0.15) is 57.9 Å². The predicted octanol–water partition coefficient (Wildman–Crippen LogP) is 3.03. The summed E-state index contributed by atoms with van der Waals surface area (Å²) in [5.41, 5.74) is 1.77. The molecule has 2 saturated heterocycles. The number of benzene rings is 1. The lowest BCUT2D eigenvalue weighted by Gasteiger charge is -2.37. The Hall–Kier alpha value is -1.93. The van der Waals surface area contributed by atoms with Gasteiger partial charge in [-0.05, 0) is 81.5 Å². The van der Waals surface area contributed by atoms with Gasteiger partial charge >= 0.3 is 0 Å². The maximum atomic E-state index is 13.5. The van der Waals surface area contributed by atoms with Crippen LogP contribution in [0.5, 0.6) is 0 Å². The fraction of sp³-hybridized carbons (Fsp3) is 0.680. The van der Waals surface area contributed by atoms with Crippen LogP contribution in [0.25, 0.3) is 0 Å². The first-order chi connectivity index (χ1) is 15.8. The second-order valence-corrected chi connectivity index (χ2v) is 12.5. The van der Waals surface area contributed by atoms with Gasteiger partial charge in [-0.25, -0.2) is 8.42 Å². The van der Waals surface area contributed by atoms with Crippen LogP contribution in [0.2, 0.25) is 0 Å². The SMILES string of the molecule is CC1CCN(C(=O)[C@@H]2CCCN(S(=O)(=O)c3ccc4c(c3)C[C@@H](C)N4C(=O)C3CC3)C2)CC1. The number of anilines is 1. The first-order valence-electron chi connectivity index (χ1n) is 12.5. The van der Waals surface area contributed by atoms with Crippen LogP contribution in [-0.4, -0.2) is 61.7 Å². The monoisotopic (exact) mass is 473 g/mol. The zero-order valence-electron chi connectivity index (χ0n) is 19.7. The number of hydrogen-bond donors (Lipinski definition) is 0. The van der Waals surface area contributed by atoms with Gasteiger partial charge in [-0.15, -0.1) is 0 Å². The third-order valence-electron chi connectivity index (χ3n) is 7.90. The highest BCUT2D eigenvalue weighted by atomic mass is 32.2. The molecule has 0 radical (unpaired) electrons. The van der Waals surface area contributed by atoms with Gasteiger partial charge in [-0.2, -0.15) is 4.31 Å². The largest absolute Gasteiger partial charge is 0.342 e. The van der Waals surface area contributed by atoms with E-state index in [-0.39, 0.29) is 41.1 Å². The van der Waals surface area contributed by atoms with E-state index < -0.39 is 10.0 Å². The van der Waals surface area contributed by atoms with Gasteiger partial charge < -0.3 is 9.80 Å². The number of carbonyl (C=O) groups is 2. The Kier molecular flexibility index (Phi) is 6.02. The number of amides is 2. The summed E-state index contributed by atoms with van der Waals surface area (Å²) in [7, 11) is -3.69. The molecule has 0 spiro atoms. The molecule has 0 bridgehead atoms. The molecular formula is C25H35N3O4S. The highest BCUT2D eigenvalue weighted by Gasteiger charge is 2.41. The van der Waals surface area contributed by atoms with Crippen molar-refractivity contribution in [3.63, 3.8) is 0 Å². The van der Waals surface area contributed by atoms with Gasteiger partial charge in [0.1, 0.15) is 0 Å². The van der Waals surface area contributed by atoms with E-state index in [9.17, 15) is 18.0 Å². The third kappa shape index (κ3) is 4.32. The number of fused-ring (bicyclic) bond motifs is 1. The molecular weight excluding hydrogens is 438 g/mol. The number of hydrogen-bond acceptors (Lipinski definition) is 4. The molecule has 33 heavy (non-hydrogen) atoms. The molecule has 180 valence electrons. The minimum atomic E-state index is -3.69. The van der Waals surface area contributed by atoms with E-state index in [4.69, 9.17) is 0 Å². The van der Waals surface area contributed by atoms with Crippen molar-refractivity contribution in [3.05, 3.63) is 23.8 Å². The fourth-order valence-corrected chi connectivity index (χ4v) is 7.20. The lowest BCUT2D eigenvalue weighted by molar-refractivity contribution is -0.138. The first kappa shape index (κ1) is 22.8. The van der Waals surface area contributed by atoms with Crippen molar-refractivity contribution in [3.8, 4) is 0 Å². The molecule has 1 aromatic rings. The van der Waals surface area contributed by atoms with E-state index in [1.54, 1.807) is 18.2 Å². The van der Waals surface area contributed by atoms with Gasteiger partial charge in [0.2, 0.25) is 21.8 Å². The van der Waals surface area contributed by atoms with Crippen LogP contribution in [0.4, 0.5) is 5.69 Å². The molecule has 3 aliphatic heterocycles. The molecule has 2 atom stereocenters. The summed E-state index contributed by atoms with van der Waals surface area (Å²) < 4.78 is 28.5. The fourth-order valence-electron chi connectivity index (χ4n) is 5.63. The van der Waals surface area contributed by atoms with E-state index in [0.717, 1.165) is 56.4 Å². The lowest BCUT2D eigenvalue weighted by Crippen LogP contribution is -2.48. The molecule has 1 aliphatic carbocycles. The van der Waals surface area contributed by atoms with E-state index in [0.29, 0.717) is 25.3 Å². The quantitative estimate of drug-likeness (QED) is 0.673. The number of likely N-dealkylation sites (tertiary alicyclic amines) is 1. The number of piperidine rings is 2. The Labute approximate surface area is 197 Å². The number of rotatable bonds is 4. The predicted molar refractivity (Wildman–Crippen MR) is 126 cm³/mol. The highest BCUT2D eigenvalue weighted by Crippen LogP contribution is 2.40. The van der Waals surface area contributed by atoms with Gasteiger partial charge in [-0.3, -0.25) is 9.59 Å². The summed E-state index contributed by atoms with van der Waals surface area (Å²) >= 11 is 0. The maximum Gasteiger partial charge on any atom is 0.243 e. The molecule has 8 heteroatoms. The molecule has 1 saturated carbocycles. The van der Waals surface area contributed by atoms with Crippen molar-refractivity contribution >= 4 is 27.5 Å². The van der Waals surface area contributed by atoms with Crippen molar-refractivity contribution < 1.29 is 18.0 Å². The summed E-state index contributed by atoms with van der Waals surface area (Å²) in [5, 5.41) is 0. The summed E-state index contributed by atoms with van der Waals surface area (Å²) in [5.74, 6) is 0.797. The van der Waals surface area contributed by atoms with Crippen LogP contribution >= 0.6 is 0 Å². The number of nitrogens with zero attached hydrogens (tertiary/aromatic N) is 3. The van der Waals surface area contributed by atoms with Gasteiger partial charge in [0, 0.05) is 43.8 Å². The minimum Gasteiger partial charge on any atom is -0.342 e. The molecule has 1 aromatic carbocycles. The smallest absolute Gasteiger partial charge is 0.243 e. The van der Waals surface area contributed by atoms with Gasteiger partial charge in [0.25, 0.3) is 0 Å². The van der Waals surface area contributed by atoms with Crippen LogP contribution in [0, 0.1) is 17.8 Å². The van der Waals surface area contributed by atoms with Crippen molar-refractivity contribution in [2.24, 2.45) is 17.8 Å².